The molecule has 2 rings (SSSR count). The molecule has 0 saturated carbocycles. The Labute approximate surface area is 142 Å². The number of nitrogens with one attached hydrogen (secondary N) is 1. The molecule has 1 heterocycles. The summed E-state index contributed by atoms with van der Waals surface area (Å²) in [5.74, 6) is -0.0741. The number of carbonyl (C=O) groups is 1. The lowest BCUT2D eigenvalue weighted by Crippen LogP contribution is -2.30. The third-order valence-electron chi connectivity index (χ3n) is 3.82. The molecule has 130 valence electrons. The average molecular weight is 350 g/mol. The summed E-state index contributed by atoms with van der Waals surface area (Å²) >= 11 is 0. The van der Waals surface area contributed by atoms with Crippen LogP contribution in [0.25, 0.3) is 0 Å². The molecule has 0 spiro atoms. The van der Waals surface area contributed by atoms with E-state index in [1.807, 2.05) is 20.8 Å². The smallest absolute Gasteiger partial charge is 0.287 e. The van der Waals surface area contributed by atoms with Gasteiger partial charge in [0.1, 0.15) is 0 Å². The molecule has 0 aliphatic carbocycles. The van der Waals surface area contributed by atoms with E-state index in [-0.39, 0.29) is 22.6 Å². The van der Waals surface area contributed by atoms with Gasteiger partial charge in [0, 0.05) is 13.1 Å². The van der Waals surface area contributed by atoms with Crippen molar-refractivity contribution in [1.82, 2.24) is 9.62 Å². The summed E-state index contributed by atoms with van der Waals surface area (Å²) in [4.78, 5) is 12.2. The maximum absolute atomic E-state index is 12.5. The van der Waals surface area contributed by atoms with E-state index in [2.05, 4.69) is 5.32 Å². The average Bonchev–Trinajstić information content (AvgIpc) is 3.10. The molecule has 6 nitrogen and oxygen atoms in total. The summed E-state index contributed by atoms with van der Waals surface area (Å²) in [7, 11) is -3.47. The fourth-order valence-electron chi connectivity index (χ4n) is 2.40. The molecular formula is C17H22N2O4S. The van der Waals surface area contributed by atoms with Crippen molar-refractivity contribution in [3.63, 3.8) is 0 Å². The number of hydrogen-bond acceptors (Lipinski definition) is 4. The van der Waals surface area contributed by atoms with Gasteiger partial charge in [-0.15, -0.1) is 0 Å². The summed E-state index contributed by atoms with van der Waals surface area (Å²) in [6.45, 7) is 6.30. The van der Waals surface area contributed by atoms with Crippen molar-refractivity contribution in [2.75, 3.05) is 13.1 Å². The molecule has 1 unspecified atom stereocenters. The molecular weight excluding hydrogens is 328 g/mol. The summed E-state index contributed by atoms with van der Waals surface area (Å²) in [6, 6.07) is 9.52. The number of carbonyl (C=O) groups excluding carboxylic acids is 1. The fourth-order valence-corrected chi connectivity index (χ4v) is 3.86. The predicted octanol–water partition coefficient (Wildman–Crippen LogP) is 2.80. The van der Waals surface area contributed by atoms with Gasteiger partial charge in [-0.2, -0.15) is 4.31 Å². The first-order valence-corrected chi connectivity index (χ1v) is 9.28. The van der Waals surface area contributed by atoms with Gasteiger partial charge in [-0.3, -0.25) is 4.79 Å². The van der Waals surface area contributed by atoms with Crippen LogP contribution in [0.1, 0.15) is 42.9 Å². The van der Waals surface area contributed by atoms with Crippen LogP contribution < -0.4 is 5.32 Å². The third-order valence-corrected chi connectivity index (χ3v) is 5.88. The Hall–Kier alpha value is -2.12. The first kappa shape index (κ1) is 18.2. The van der Waals surface area contributed by atoms with Crippen LogP contribution in [0.15, 0.2) is 52.0 Å². The summed E-state index contributed by atoms with van der Waals surface area (Å²) in [6.07, 6.45) is 1.44. The zero-order valence-electron chi connectivity index (χ0n) is 14.0. The highest BCUT2D eigenvalue weighted by Crippen LogP contribution is 2.19. The van der Waals surface area contributed by atoms with Gasteiger partial charge < -0.3 is 9.73 Å². The van der Waals surface area contributed by atoms with Gasteiger partial charge >= 0.3 is 0 Å². The molecule has 1 atom stereocenters. The van der Waals surface area contributed by atoms with Crippen molar-refractivity contribution >= 4 is 15.9 Å². The van der Waals surface area contributed by atoms with Crippen molar-refractivity contribution in [3.05, 3.63) is 54.0 Å². The zero-order chi connectivity index (χ0) is 17.7. The lowest BCUT2D eigenvalue weighted by molar-refractivity contribution is 0.0912. The number of furan rings is 1. The van der Waals surface area contributed by atoms with Crippen molar-refractivity contribution in [1.29, 1.82) is 0 Å². The lowest BCUT2D eigenvalue weighted by Gasteiger charge is -2.19. The minimum atomic E-state index is -3.47. The molecule has 7 heteroatoms. The first-order valence-electron chi connectivity index (χ1n) is 7.84. The molecule has 0 radical (unpaired) electrons. The zero-order valence-corrected chi connectivity index (χ0v) is 14.8. The van der Waals surface area contributed by atoms with E-state index in [1.165, 1.54) is 10.6 Å². The Bertz CT molecular complexity index is 763. The van der Waals surface area contributed by atoms with Crippen molar-refractivity contribution in [2.45, 2.75) is 31.7 Å². The minimum absolute atomic E-state index is 0.239. The molecule has 1 N–H and O–H groups in total. The number of sulfonamides is 1. The van der Waals surface area contributed by atoms with E-state index in [0.717, 1.165) is 5.56 Å². The van der Waals surface area contributed by atoms with E-state index < -0.39 is 10.0 Å². The second-order valence-corrected chi connectivity index (χ2v) is 7.27. The Morgan fingerprint density at radius 2 is 1.79 bits per heavy atom. The number of benzene rings is 1. The first-order chi connectivity index (χ1) is 11.4. The Morgan fingerprint density at radius 3 is 2.29 bits per heavy atom. The Balaban J connectivity index is 2.13. The van der Waals surface area contributed by atoms with Gasteiger partial charge in [0.2, 0.25) is 10.0 Å². The van der Waals surface area contributed by atoms with E-state index in [4.69, 9.17) is 4.42 Å². The fraction of sp³-hybridized carbons (Fsp3) is 0.353. The molecule has 1 aromatic heterocycles. The molecule has 0 fully saturated rings. The van der Waals surface area contributed by atoms with Gasteiger partial charge in [0.15, 0.2) is 5.76 Å². The second-order valence-electron chi connectivity index (χ2n) is 5.33. The molecule has 2 aromatic rings. The highest BCUT2D eigenvalue weighted by Gasteiger charge is 2.22. The van der Waals surface area contributed by atoms with E-state index in [1.54, 1.807) is 36.4 Å². The van der Waals surface area contributed by atoms with E-state index in [0.29, 0.717) is 13.1 Å². The van der Waals surface area contributed by atoms with Crippen LogP contribution in [0.4, 0.5) is 0 Å². The molecule has 1 amide bonds. The highest BCUT2D eigenvalue weighted by atomic mass is 32.2. The lowest BCUT2D eigenvalue weighted by atomic mass is 10.1. The van der Waals surface area contributed by atoms with Gasteiger partial charge in [-0.25, -0.2) is 8.42 Å². The maximum Gasteiger partial charge on any atom is 0.287 e. The molecule has 0 aliphatic heterocycles. The van der Waals surface area contributed by atoms with Crippen LogP contribution in [0.2, 0.25) is 0 Å². The number of hydrogen-bond donors (Lipinski definition) is 1. The largest absolute Gasteiger partial charge is 0.459 e. The summed E-state index contributed by atoms with van der Waals surface area (Å²) in [5, 5.41) is 2.81. The Kier molecular flexibility index (Phi) is 5.80. The number of rotatable bonds is 7. The quantitative estimate of drug-likeness (QED) is 0.833. The Morgan fingerprint density at radius 1 is 1.17 bits per heavy atom. The van der Waals surface area contributed by atoms with E-state index >= 15 is 0 Å². The topological polar surface area (TPSA) is 79.6 Å². The summed E-state index contributed by atoms with van der Waals surface area (Å²) in [5.41, 5.74) is 0.813. The maximum atomic E-state index is 12.5. The van der Waals surface area contributed by atoms with Gasteiger partial charge in [-0.1, -0.05) is 26.0 Å². The van der Waals surface area contributed by atoms with Crippen LogP contribution in [-0.4, -0.2) is 31.7 Å². The van der Waals surface area contributed by atoms with Gasteiger partial charge in [0.05, 0.1) is 17.2 Å². The highest BCUT2D eigenvalue weighted by molar-refractivity contribution is 7.89. The van der Waals surface area contributed by atoms with E-state index in [9.17, 15) is 13.2 Å². The predicted molar refractivity (Wildman–Crippen MR) is 91.1 cm³/mol. The SMILES string of the molecule is CCN(CC)S(=O)(=O)c1ccc(C(C)NC(=O)c2ccco2)cc1. The van der Waals surface area contributed by atoms with Crippen molar-refractivity contribution < 1.29 is 17.6 Å². The molecule has 24 heavy (non-hydrogen) atoms. The van der Waals surface area contributed by atoms with Crippen LogP contribution in [0.3, 0.4) is 0 Å². The minimum Gasteiger partial charge on any atom is -0.459 e. The number of amides is 1. The standard InChI is InChI=1S/C17H22N2O4S/c1-4-19(5-2)24(21,22)15-10-8-14(9-11-15)13(3)18-17(20)16-7-6-12-23-16/h6-13H,4-5H2,1-3H3,(H,18,20). The monoisotopic (exact) mass is 350 g/mol. The van der Waals surface area contributed by atoms with Crippen molar-refractivity contribution in [2.24, 2.45) is 0 Å². The molecule has 0 saturated heterocycles. The van der Waals surface area contributed by atoms with Gasteiger partial charge in [-0.05, 0) is 36.8 Å². The second kappa shape index (κ2) is 7.63. The normalized spacial score (nSPS) is 13.0. The third kappa shape index (κ3) is 3.85. The van der Waals surface area contributed by atoms with Crippen LogP contribution in [0, 0.1) is 0 Å². The van der Waals surface area contributed by atoms with Crippen LogP contribution in [0.5, 0.6) is 0 Å². The number of nitrogens with zero attached hydrogens (tertiary/aromatic N) is 1. The van der Waals surface area contributed by atoms with Crippen molar-refractivity contribution in [3.8, 4) is 0 Å². The van der Waals surface area contributed by atoms with Gasteiger partial charge in [0.25, 0.3) is 5.91 Å². The summed E-state index contributed by atoms with van der Waals surface area (Å²) < 4.78 is 31.4. The molecule has 1 aromatic carbocycles. The van der Waals surface area contributed by atoms with Crippen LogP contribution in [-0.2, 0) is 10.0 Å². The molecule has 0 aliphatic rings. The molecule has 0 bridgehead atoms. The van der Waals surface area contributed by atoms with Crippen LogP contribution >= 0.6 is 0 Å².